The fourth-order valence-electron chi connectivity index (χ4n) is 3.73. The van der Waals surface area contributed by atoms with Crippen LogP contribution in [0.1, 0.15) is 24.7 Å². The van der Waals surface area contributed by atoms with Crippen LogP contribution in [0.3, 0.4) is 0 Å². The van der Waals surface area contributed by atoms with Gasteiger partial charge in [-0.3, -0.25) is 22.9 Å². The van der Waals surface area contributed by atoms with Crippen LogP contribution < -0.4 is 16.0 Å². The minimum Gasteiger partial charge on any atom is -0.497 e. The highest BCUT2D eigenvalue weighted by molar-refractivity contribution is 5.77. The zero-order chi connectivity index (χ0) is 20.2. The van der Waals surface area contributed by atoms with Crippen LogP contribution in [-0.4, -0.2) is 30.2 Å². The van der Waals surface area contributed by atoms with E-state index in [4.69, 9.17) is 4.74 Å². The molecule has 8 heteroatoms. The van der Waals surface area contributed by atoms with E-state index < -0.39 is 0 Å². The number of hydrogen-bond donors (Lipinski definition) is 0. The molecule has 0 radical (unpaired) electrons. The van der Waals surface area contributed by atoms with Crippen LogP contribution in [0.5, 0.6) is 5.75 Å². The van der Waals surface area contributed by atoms with E-state index in [0.29, 0.717) is 29.9 Å². The molecule has 3 aromatic heterocycles. The second kappa shape index (κ2) is 6.40. The van der Waals surface area contributed by atoms with Crippen LogP contribution in [0, 0.1) is 13.8 Å². The summed E-state index contributed by atoms with van der Waals surface area (Å²) < 4.78 is 11.9. The van der Waals surface area contributed by atoms with E-state index in [9.17, 15) is 9.59 Å². The highest BCUT2D eigenvalue weighted by Gasteiger charge is 2.23. The molecule has 3 heterocycles. The maximum absolute atomic E-state index is 13.1. The van der Waals surface area contributed by atoms with Gasteiger partial charge in [-0.2, -0.15) is 4.98 Å². The van der Waals surface area contributed by atoms with Crippen molar-refractivity contribution >= 4 is 16.9 Å². The predicted molar refractivity (Wildman–Crippen MR) is 108 cm³/mol. The molecule has 0 N–H and O–H groups in total. The standard InChI is InChI=1S/C20H23N5O3/c1-6-10-23-18(26)16-17(22(4)20(23)27)21-19-24(12(2)13(3)25(16)19)14-8-7-9-15(11-14)28-5/h7-9,11H,6,10H2,1-5H3. The number of benzene rings is 1. The predicted octanol–water partition coefficient (Wildman–Crippen LogP) is 2.17. The molecule has 0 saturated carbocycles. The quantitative estimate of drug-likeness (QED) is 0.543. The van der Waals surface area contributed by atoms with Gasteiger partial charge in [0.1, 0.15) is 5.75 Å². The number of hydrogen-bond acceptors (Lipinski definition) is 4. The molecule has 1 aromatic carbocycles. The topological polar surface area (TPSA) is 75.5 Å². The van der Waals surface area contributed by atoms with Crippen molar-refractivity contribution in [2.24, 2.45) is 7.05 Å². The molecule has 0 unspecified atom stereocenters. The van der Waals surface area contributed by atoms with Gasteiger partial charge in [-0.25, -0.2) is 4.79 Å². The summed E-state index contributed by atoms with van der Waals surface area (Å²) in [6, 6.07) is 7.66. The Morgan fingerprint density at radius 2 is 1.89 bits per heavy atom. The van der Waals surface area contributed by atoms with Gasteiger partial charge in [0.15, 0.2) is 11.2 Å². The number of rotatable bonds is 4. The zero-order valence-corrected chi connectivity index (χ0v) is 16.7. The molecule has 0 aliphatic carbocycles. The van der Waals surface area contributed by atoms with Gasteiger partial charge in [-0.15, -0.1) is 0 Å². The summed E-state index contributed by atoms with van der Waals surface area (Å²) in [5, 5.41) is 0. The van der Waals surface area contributed by atoms with Crippen LogP contribution in [0.15, 0.2) is 33.9 Å². The Bertz CT molecular complexity index is 1340. The van der Waals surface area contributed by atoms with Crippen LogP contribution in [0.2, 0.25) is 0 Å². The van der Waals surface area contributed by atoms with Gasteiger partial charge in [-0.05, 0) is 32.4 Å². The summed E-state index contributed by atoms with van der Waals surface area (Å²) in [4.78, 5) is 30.5. The fourth-order valence-corrected chi connectivity index (χ4v) is 3.73. The van der Waals surface area contributed by atoms with E-state index in [0.717, 1.165) is 22.8 Å². The van der Waals surface area contributed by atoms with Crippen molar-refractivity contribution in [1.29, 1.82) is 0 Å². The SMILES string of the molecule is CCCn1c(=O)c2c(nc3n(-c4cccc(OC)c4)c(C)c(C)n23)n(C)c1=O. The second-order valence-corrected chi connectivity index (χ2v) is 6.93. The Morgan fingerprint density at radius 3 is 2.57 bits per heavy atom. The van der Waals surface area contributed by atoms with Gasteiger partial charge in [0.25, 0.3) is 5.56 Å². The molecule has 146 valence electrons. The van der Waals surface area contributed by atoms with E-state index >= 15 is 0 Å². The van der Waals surface area contributed by atoms with Crippen molar-refractivity contribution in [2.75, 3.05) is 7.11 Å². The molecule has 0 aliphatic rings. The Balaban J connectivity index is 2.17. The highest BCUT2D eigenvalue weighted by atomic mass is 16.5. The summed E-state index contributed by atoms with van der Waals surface area (Å²) >= 11 is 0. The van der Waals surface area contributed by atoms with Crippen molar-refractivity contribution in [3.05, 3.63) is 56.5 Å². The molecule has 28 heavy (non-hydrogen) atoms. The molecule has 8 nitrogen and oxygen atoms in total. The van der Waals surface area contributed by atoms with Gasteiger partial charge in [0.2, 0.25) is 5.78 Å². The lowest BCUT2D eigenvalue weighted by Gasteiger charge is -2.08. The molecule has 0 spiro atoms. The maximum atomic E-state index is 13.1. The summed E-state index contributed by atoms with van der Waals surface area (Å²) in [6.07, 6.45) is 0.700. The van der Waals surface area contributed by atoms with Crippen LogP contribution >= 0.6 is 0 Å². The van der Waals surface area contributed by atoms with Gasteiger partial charge in [0, 0.05) is 31.0 Å². The van der Waals surface area contributed by atoms with Crippen molar-refractivity contribution < 1.29 is 4.74 Å². The van der Waals surface area contributed by atoms with E-state index in [1.807, 2.05) is 54.0 Å². The third-order valence-corrected chi connectivity index (χ3v) is 5.28. The lowest BCUT2D eigenvalue weighted by Crippen LogP contribution is -2.39. The molecular formula is C20H23N5O3. The first-order valence-corrected chi connectivity index (χ1v) is 9.25. The number of imidazole rings is 2. The Hall–Kier alpha value is -3.29. The summed E-state index contributed by atoms with van der Waals surface area (Å²) in [7, 11) is 3.28. The first-order chi connectivity index (χ1) is 13.4. The molecule has 0 atom stereocenters. The second-order valence-electron chi connectivity index (χ2n) is 6.93. The van der Waals surface area contributed by atoms with Crippen LogP contribution in [0.25, 0.3) is 22.6 Å². The minimum atomic E-state index is -0.345. The third-order valence-electron chi connectivity index (χ3n) is 5.28. The average molecular weight is 381 g/mol. The summed E-state index contributed by atoms with van der Waals surface area (Å²) in [5.41, 5.74) is 2.90. The van der Waals surface area contributed by atoms with E-state index in [2.05, 4.69) is 4.98 Å². The lowest BCUT2D eigenvalue weighted by molar-refractivity contribution is 0.414. The van der Waals surface area contributed by atoms with E-state index in [-0.39, 0.29) is 11.2 Å². The number of aryl methyl sites for hydroxylation is 2. The van der Waals surface area contributed by atoms with Gasteiger partial charge in [-0.1, -0.05) is 13.0 Å². The number of methoxy groups -OCH3 is 1. The van der Waals surface area contributed by atoms with Gasteiger partial charge >= 0.3 is 5.69 Å². The summed E-state index contributed by atoms with van der Waals surface area (Å²) in [5.74, 6) is 1.33. The third kappa shape index (κ3) is 2.33. The first-order valence-electron chi connectivity index (χ1n) is 9.25. The molecule has 0 fully saturated rings. The fraction of sp³-hybridized carbons (Fsp3) is 0.350. The smallest absolute Gasteiger partial charge is 0.332 e. The Labute approximate surface area is 161 Å². The number of fused-ring (bicyclic) bond motifs is 3. The minimum absolute atomic E-state index is 0.307. The molecule has 0 aliphatic heterocycles. The van der Waals surface area contributed by atoms with Gasteiger partial charge in [0.05, 0.1) is 12.8 Å². The Kier molecular flexibility index (Phi) is 4.14. The largest absolute Gasteiger partial charge is 0.497 e. The maximum Gasteiger partial charge on any atom is 0.332 e. The first kappa shape index (κ1) is 18.1. The number of aromatic nitrogens is 5. The zero-order valence-electron chi connectivity index (χ0n) is 16.7. The molecule has 0 bridgehead atoms. The monoisotopic (exact) mass is 381 g/mol. The van der Waals surface area contributed by atoms with Crippen LogP contribution in [0.4, 0.5) is 0 Å². The molecule has 4 rings (SSSR count). The highest BCUT2D eigenvalue weighted by Crippen LogP contribution is 2.26. The van der Waals surface area contributed by atoms with Crippen molar-refractivity contribution in [1.82, 2.24) is 23.1 Å². The van der Waals surface area contributed by atoms with Crippen molar-refractivity contribution in [3.63, 3.8) is 0 Å². The van der Waals surface area contributed by atoms with Crippen LogP contribution in [-0.2, 0) is 13.6 Å². The van der Waals surface area contributed by atoms with E-state index in [1.54, 1.807) is 14.2 Å². The van der Waals surface area contributed by atoms with Gasteiger partial charge < -0.3 is 4.74 Å². The normalized spacial score (nSPS) is 11.6. The molecule has 4 aromatic rings. The number of ether oxygens (including phenoxy) is 1. The lowest BCUT2D eigenvalue weighted by atomic mass is 10.3. The average Bonchev–Trinajstić information content (AvgIpc) is 3.19. The number of nitrogens with zero attached hydrogens (tertiary/aromatic N) is 5. The molecular weight excluding hydrogens is 358 g/mol. The summed E-state index contributed by atoms with van der Waals surface area (Å²) in [6.45, 7) is 6.26. The Morgan fingerprint density at radius 1 is 1.14 bits per heavy atom. The molecule has 0 saturated heterocycles. The van der Waals surface area contributed by atoms with E-state index in [1.165, 1.54) is 9.13 Å². The van der Waals surface area contributed by atoms with Crippen molar-refractivity contribution in [2.45, 2.75) is 33.7 Å². The molecule has 0 amide bonds. The van der Waals surface area contributed by atoms with Crippen molar-refractivity contribution in [3.8, 4) is 11.4 Å².